The third kappa shape index (κ3) is 4.28. The fourth-order valence-corrected chi connectivity index (χ4v) is 4.40. The summed E-state index contributed by atoms with van der Waals surface area (Å²) >= 11 is 1.62. The van der Waals surface area contributed by atoms with Gasteiger partial charge in [0.1, 0.15) is 0 Å². The smallest absolute Gasteiger partial charge is 0.306 e. The van der Waals surface area contributed by atoms with E-state index in [1.807, 2.05) is 30.5 Å². The molecule has 23 heavy (non-hydrogen) atoms. The van der Waals surface area contributed by atoms with Crippen LogP contribution in [0.25, 0.3) is 0 Å². The van der Waals surface area contributed by atoms with Crippen molar-refractivity contribution in [3.8, 4) is 0 Å². The number of esters is 1. The van der Waals surface area contributed by atoms with Gasteiger partial charge in [0.25, 0.3) is 5.91 Å². The lowest BCUT2D eigenvalue weighted by molar-refractivity contribution is -0.148. The third-order valence-electron chi connectivity index (χ3n) is 5.03. The fourth-order valence-electron chi connectivity index (χ4n) is 3.94. The van der Waals surface area contributed by atoms with E-state index in [4.69, 9.17) is 4.74 Å². The number of hydrogen-bond donors (Lipinski definition) is 1. The Kier molecular flexibility index (Phi) is 5.26. The Bertz CT molecular complexity index is 589. The lowest BCUT2D eigenvalue weighted by Gasteiger charge is -2.20. The van der Waals surface area contributed by atoms with E-state index in [9.17, 15) is 9.59 Å². The summed E-state index contributed by atoms with van der Waals surface area (Å²) in [4.78, 5) is 24.9. The first kappa shape index (κ1) is 16.4. The second kappa shape index (κ2) is 7.39. The molecule has 3 rings (SSSR count). The molecule has 5 heteroatoms. The minimum absolute atomic E-state index is 0.205. The molecule has 1 N–H and O–H groups in total. The van der Waals surface area contributed by atoms with Crippen LogP contribution in [0.5, 0.6) is 0 Å². The van der Waals surface area contributed by atoms with Gasteiger partial charge in [0.2, 0.25) is 0 Å². The van der Waals surface area contributed by atoms with Gasteiger partial charge in [-0.1, -0.05) is 12.5 Å². The molecule has 0 heterocycles. The van der Waals surface area contributed by atoms with Crippen LogP contribution >= 0.6 is 11.8 Å². The number of thioether (sulfide) groups is 1. The van der Waals surface area contributed by atoms with E-state index in [1.165, 1.54) is 19.3 Å². The molecular formula is C18H23NO3S. The number of ether oxygens (including phenoxy) is 1. The number of benzene rings is 1. The van der Waals surface area contributed by atoms with Crippen LogP contribution in [0, 0.1) is 17.8 Å². The monoisotopic (exact) mass is 333 g/mol. The van der Waals surface area contributed by atoms with Gasteiger partial charge in [-0.25, -0.2) is 0 Å². The van der Waals surface area contributed by atoms with Gasteiger partial charge in [-0.15, -0.1) is 11.8 Å². The van der Waals surface area contributed by atoms with Crippen molar-refractivity contribution in [2.45, 2.75) is 37.0 Å². The van der Waals surface area contributed by atoms with Gasteiger partial charge in [0, 0.05) is 17.0 Å². The predicted octanol–water partition coefficient (Wildman–Crippen LogP) is 3.72. The Labute approximate surface area is 141 Å². The number of amides is 1. The Hall–Kier alpha value is -1.49. The van der Waals surface area contributed by atoms with Crippen LogP contribution in [-0.4, -0.2) is 24.7 Å². The molecule has 2 fully saturated rings. The quantitative estimate of drug-likeness (QED) is 0.637. The van der Waals surface area contributed by atoms with Gasteiger partial charge < -0.3 is 10.1 Å². The summed E-state index contributed by atoms with van der Waals surface area (Å²) in [7, 11) is 0. The Balaban J connectivity index is 1.40. The van der Waals surface area contributed by atoms with E-state index in [-0.39, 0.29) is 18.5 Å². The average molecular weight is 333 g/mol. The summed E-state index contributed by atoms with van der Waals surface area (Å²) < 4.78 is 5.15. The van der Waals surface area contributed by atoms with Crippen LogP contribution in [0.3, 0.4) is 0 Å². The highest BCUT2D eigenvalue weighted by Crippen LogP contribution is 2.49. The number of anilines is 1. The second-order valence-electron chi connectivity index (χ2n) is 6.58. The first-order valence-corrected chi connectivity index (χ1v) is 9.46. The highest BCUT2D eigenvalue weighted by Gasteiger charge is 2.40. The van der Waals surface area contributed by atoms with E-state index in [2.05, 4.69) is 5.32 Å². The average Bonchev–Trinajstić information content (AvgIpc) is 3.16. The van der Waals surface area contributed by atoms with E-state index in [1.54, 1.807) is 11.8 Å². The molecule has 2 aliphatic rings. The third-order valence-corrected chi connectivity index (χ3v) is 5.76. The Morgan fingerprint density at radius 1 is 1.30 bits per heavy atom. The van der Waals surface area contributed by atoms with E-state index >= 15 is 0 Å². The van der Waals surface area contributed by atoms with Crippen LogP contribution in [0.1, 0.15) is 32.1 Å². The van der Waals surface area contributed by atoms with Gasteiger partial charge >= 0.3 is 5.97 Å². The summed E-state index contributed by atoms with van der Waals surface area (Å²) in [5.74, 6) is 1.48. The van der Waals surface area contributed by atoms with E-state index < -0.39 is 0 Å². The van der Waals surface area contributed by atoms with Crippen molar-refractivity contribution in [3.05, 3.63) is 24.3 Å². The molecule has 0 spiro atoms. The topological polar surface area (TPSA) is 55.4 Å². The van der Waals surface area contributed by atoms with Gasteiger partial charge in [-0.3, -0.25) is 9.59 Å². The van der Waals surface area contributed by atoms with Crippen molar-refractivity contribution >= 4 is 29.3 Å². The van der Waals surface area contributed by atoms with Crippen molar-refractivity contribution in [2.75, 3.05) is 18.2 Å². The highest BCUT2D eigenvalue weighted by atomic mass is 32.2. The maximum Gasteiger partial charge on any atom is 0.306 e. The number of rotatable bonds is 6. The van der Waals surface area contributed by atoms with Crippen LogP contribution in [0.2, 0.25) is 0 Å². The second-order valence-corrected chi connectivity index (χ2v) is 7.46. The standard InChI is InChI=1S/C18H23NO3S/c1-23-16-4-2-3-15(10-16)19-17(20)11-22-18(21)9-14-8-12-5-6-13(14)7-12/h2-4,10,12-14H,5-9,11H2,1H3,(H,19,20)/t12-,13+,14-/m0/s1. The Morgan fingerprint density at radius 2 is 2.17 bits per heavy atom. The molecule has 2 aliphatic carbocycles. The summed E-state index contributed by atoms with van der Waals surface area (Å²) in [6.45, 7) is -0.205. The minimum atomic E-state index is -0.287. The zero-order valence-corrected chi connectivity index (χ0v) is 14.2. The van der Waals surface area contributed by atoms with Gasteiger partial charge in [0.05, 0.1) is 0 Å². The molecule has 0 radical (unpaired) electrons. The molecule has 1 amide bonds. The maximum absolute atomic E-state index is 11.9. The molecule has 3 atom stereocenters. The van der Waals surface area contributed by atoms with Crippen LogP contribution in [0.4, 0.5) is 5.69 Å². The zero-order chi connectivity index (χ0) is 16.2. The number of nitrogens with one attached hydrogen (secondary N) is 1. The van der Waals surface area contributed by atoms with Crippen molar-refractivity contribution < 1.29 is 14.3 Å². The largest absolute Gasteiger partial charge is 0.456 e. The number of carbonyl (C=O) groups is 2. The van der Waals surface area contributed by atoms with E-state index in [0.29, 0.717) is 18.3 Å². The molecule has 2 bridgehead atoms. The van der Waals surface area contributed by atoms with Crippen molar-refractivity contribution in [1.29, 1.82) is 0 Å². The van der Waals surface area contributed by atoms with Crippen molar-refractivity contribution in [2.24, 2.45) is 17.8 Å². The molecular weight excluding hydrogens is 310 g/mol. The molecule has 0 saturated heterocycles. The summed E-state index contributed by atoms with van der Waals surface area (Å²) in [6.07, 6.45) is 7.48. The molecule has 0 aliphatic heterocycles. The van der Waals surface area contributed by atoms with Crippen LogP contribution in [0.15, 0.2) is 29.2 Å². The zero-order valence-electron chi connectivity index (χ0n) is 13.4. The fraction of sp³-hybridized carbons (Fsp3) is 0.556. The van der Waals surface area contributed by atoms with Crippen LogP contribution in [-0.2, 0) is 14.3 Å². The number of hydrogen-bond acceptors (Lipinski definition) is 4. The lowest BCUT2D eigenvalue weighted by Crippen LogP contribution is -2.23. The van der Waals surface area contributed by atoms with Crippen molar-refractivity contribution in [3.63, 3.8) is 0 Å². The molecule has 0 unspecified atom stereocenters. The van der Waals surface area contributed by atoms with Crippen LogP contribution < -0.4 is 5.32 Å². The lowest BCUT2D eigenvalue weighted by atomic mass is 9.86. The highest BCUT2D eigenvalue weighted by molar-refractivity contribution is 7.98. The van der Waals surface area contributed by atoms with Gasteiger partial charge in [-0.05, 0) is 61.5 Å². The summed E-state index contributed by atoms with van der Waals surface area (Å²) in [6, 6.07) is 7.60. The molecule has 124 valence electrons. The molecule has 1 aromatic rings. The minimum Gasteiger partial charge on any atom is -0.456 e. The maximum atomic E-state index is 11.9. The van der Waals surface area contributed by atoms with Crippen molar-refractivity contribution in [1.82, 2.24) is 0 Å². The first-order chi connectivity index (χ1) is 11.1. The molecule has 1 aromatic carbocycles. The predicted molar refractivity (Wildman–Crippen MR) is 91.4 cm³/mol. The molecule has 4 nitrogen and oxygen atoms in total. The summed E-state index contributed by atoms with van der Waals surface area (Å²) in [5, 5.41) is 2.76. The van der Waals surface area contributed by atoms with Gasteiger partial charge in [0.15, 0.2) is 6.61 Å². The van der Waals surface area contributed by atoms with Gasteiger partial charge in [-0.2, -0.15) is 0 Å². The summed E-state index contributed by atoms with van der Waals surface area (Å²) in [5.41, 5.74) is 0.728. The SMILES string of the molecule is CSc1cccc(NC(=O)COC(=O)C[C@@H]2C[C@H]3CC[C@@H]2C3)c1. The van der Waals surface area contributed by atoms with E-state index in [0.717, 1.165) is 22.9 Å². The molecule has 2 saturated carbocycles. The Morgan fingerprint density at radius 3 is 2.87 bits per heavy atom. The first-order valence-electron chi connectivity index (χ1n) is 8.23. The number of carbonyl (C=O) groups excluding carboxylic acids is 2. The number of fused-ring (bicyclic) bond motifs is 2. The molecule has 0 aromatic heterocycles. The normalized spacial score (nSPS) is 25.3.